The number of para-hydroxylation sites is 1. The van der Waals surface area contributed by atoms with Crippen molar-refractivity contribution in [3.8, 4) is 56.5 Å². The minimum absolute atomic E-state index is 0.617. The molecule has 0 aliphatic rings. The second-order valence-corrected chi connectivity index (χ2v) is 10.4. The summed E-state index contributed by atoms with van der Waals surface area (Å²) in [6.07, 6.45) is 0. The molecule has 0 spiro atoms. The lowest BCUT2D eigenvalue weighted by atomic mass is 9.93. The standard InChI is InChI=1S/C39H25N3O/c1-4-13-26(14-5-1)35-25-36(41-38(40-35)27-15-6-2-7-16-27)32-24-23-31(29-19-10-11-20-30(29)32)33-21-12-22-34-37(33)43-39(42-34)28-17-8-3-9-18-28/h1-25H. The number of nitrogens with zero attached hydrogens (tertiary/aromatic N) is 3. The van der Waals surface area contributed by atoms with Crippen LogP contribution in [-0.2, 0) is 0 Å². The van der Waals surface area contributed by atoms with Gasteiger partial charge in [0.15, 0.2) is 11.4 Å². The summed E-state index contributed by atoms with van der Waals surface area (Å²) < 4.78 is 6.40. The van der Waals surface area contributed by atoms with Crippen molar-refractivity contribution in [2.75, 3.05) is 0 Å². The monoisotopic (exact) mass is 551 g/mol. The van der Waals surface area contributed by atoms with E-state index >= 15 is 0 Å². The molecule has 0 saturated carbocycles. The molecule has 2 heterocycles. The summed E-state index contributed by atoms with van der Waals surface area (Å²) in [6, 6.07) is 51.5. The lowest BCUT2D eigenvalue weighted by molar-refractivity contribution is 0.621. The van der Waals surface area contributed by atoms with Crippen molar-refractivity contribution in [3.63, 3.8) is 0 Å². The largest absolute Gasteiger partial charge is 0.435 e. The second-order valence-electron chi connectivity index (χ2n) is 10.4. The Balaban J connectivity index is 1.32. The topological polar surface area (TPSA) is 51.8 Å². The molecule has 2 aromatic heterocycles. The summed E-state index contributed by atoms with van der Waals surface area (Å²) >= 11 is 0. The van der Waals surface area contributed by atoms with E-state index in [1.807, 2.05) is 78.9 Å². The molecule has 43 heavy (non-hydrogen) atoms. The average Bonchev–Trinajstić information content (AvgIpc) is 3.54. The molecular weight excluding hydrogens is 526 g/mol. The van der Waals surface area contributed by atoms with Crippen LogP contribution < -0.4 is 0 Å². The Kier molecular flexibility index (Phi) is 6.08. The van der Waals surface area contributed by atoms with Crippen LogP contribution in [0.15, 0.2) is 156 Å². The molecule has 0 aliphatic carbocycles. The van der Waals surface area contributed by atoms with E-state index < -0.39 is 0 Å². The van der Waals surface area contributed by atoms with Gasteiger partial charge in [-0.05, 0) is 40.6 Å². The van der Waals surface area contributed by atoms with E-state index in [1.54, 1.807) is 0 Å². The molecular formula is C39H25N3O. The molecule has 0 fully saturated rings. The Hall–Kier alpha value is -5.87. The maximum absolute atomic E-state index is 6.40. The number of hydrogen-bond donors (Lipinski definition) is 0. The Morgan fingerprint density at radius 3 is 1.70 bits per heavy atom. The highest BCUT2D eigenvalue weighted by Gasteiger charge is 2.18. The van der Waals surface area contributed by atoms with Gasteiger partial charge in [0.05, 0.1) is 11.4 Å². The Morgan fingerprint density at radius 2 is 0.977 bits per heavy atom. The van der Waals surface area contributed by atoms with E-state index in [2.05, 4.69) is 72.8 Å². The summed E-state index contributed by atoms with van der Waals surface area (Å²) in [5.74, 6) is 1.32. The summed E-state index contributed by atoms with van der Waals surface area (Å²) in [4.78, 5) is 14.9. The van der Waals surface area contributed by atoms with Crippen LogP contribution in [0.25, 0.3) is 78.4 Å². The predicted molar refractivity (Wildman–Crippen MR) is 174 cm³/mol. The van der Waals surface area contributed by atoms with Crippen LogP contribution in [0.5, 0.6) is 0 Å². The van der Waals surface area contributed by atoms with Gasteiger partial charge < -0.3 is 4.42 Å². The summed E-state index contributed by atoms with van der Waals surface area (Å²) in [6.45, 7) is 0. The van der Waals surface area contributed by atoms with Gasteiger partial charge in [-0.25, -0.2) is 15.0 Å². The quantitative estimate of drug-likeness (QED) is 0.214. The lowest BCUT2D eigenvalue weighted by Gasteiger charge is -2.14. The van der Waals surface area contributed by atoms with Crippen molar-refractivity contribution in [1.29, 1.82) is 0 Å². The first-order chi connectivity index (χ1) is 21.3. The first-order valence-electron chi connectivity index (χ1n) is 14.3. The molecule has 0 atom stereocenters. The van der Waals surface area contributed by atoms with E-state index in [9.17, 15) is 0 Å². The fraction of sp³-hybridized carbons (Fsp3) is 0. The third-order valence-electron chi connectivity index (χ3n) is 7.75. The molecule has 8 aromatic rings. The SMILES string of the molecule is c1ccc(-c2cc(-c3ccc(-c4cccc5nc(-c6ccccc6)oc45)c4ccccc34)nc(-c3ccccc3)n2)cc1. The fourth-order valence-corrected chi connectivity index (χ4v) is 5.68. The number of fused-ring (bicyclic) bond motifs is 2. The van der Waals surface area contributed by atoms with Crippen molar-refractivity contribution >= 4 is 21.9 Å². The molecule has 0 aliphatic heterocycles. The van der Waals surface area contributed by atoms with Gasteiger partial charge in [-0.2, -0.15) is 0 Å². The van der Waals surface area contributed by atoms with Gasteiger partial charge in [-0.3, -0.25) is 0 Å². The number of rotatable bonds is 5. The molecule has 0 bridgehead atoms. The summed E-state index contributed by atoms with van der Waals surface area (Å²) in [5, 5.41) is 2.22. The normalized spacial score (nSPS) is 11.3. The van der Waals surface area contributed by atoms with Crippen molar-refractivity contribution in [2.45, 2.75) is 0 Å². The lowest BCUT2D eigenvalue weighted by Crippen LogP contribution is -1.96. The Bertz CT molecular complexity index is 2170. The molecule has 0 unspecified atom stereocenters. The Morgan fingerprint density at radius 1 is 0.395 bits per heavy atom. The highest BCUT2D eigenvalue weighted by atomic mass is 16.3. The van der Waals surface area contributed by atoms with Gasteiger partial charge in [0.2, 0.25) is 5.89 Å². The van der Waals surface area contributed by atoms with Crippen LogP contribution in [0.3, 0.4) is 0 Å². The van der Waals surface area contributed by atoms with E-state index in [0.717, 1.165) is 66.6 Å². The van der Waals surface area contributed by atoms with Crippen LogP contribution in [0.1, 0.15) is 0 Å². The molecule has 0 radical (unpaired) electrons. The van der Waals surface area contributed by atoms with E-state index in [4.69, 9.17) is 19.4 Å². The van der Waals surface area contributed by atoms with Gasteiger partial charge in [0.1, 0.15) is 5.52 Å². The van der Waals surface area contributed by atoms with Gasteiger partial charge in [0.25, 0.3) is 0 Å². The molecule has 6 aromatic carbocycles. The maximum Gasteiger partial charge on any atom is 0.227 e. The number of hydrogen-bond acceptors (Lipinski definition) is 4. The zero-order valence-corrected chi connectivity index (χ0v) is 23.2. The zero-order valence-electron chi connectivity index (χ0n) is 23.2. The smallest absolute Gasteiger partial charge is 0.227 e. The van der Waals surface area contributed by atoms with Crippen LogP contribution in [-0.4, -0.2) is 15.0 Å². The molecule has 4 nitrogen and oxygen atoms in total. The van der Waals surface area contributed by atoms with Gasteiger partial charge >= 0.3 is 0 Å². The third kappa shape index (κ3) is 4.55. The first kappa shape index (κ1) is 24.9. The molecule has 202 valence electrons. The Labute approximate surface area is 249 Å². The van der Waals surface area contributed by atoms with E-state index in [0.29, 0.717) is 11.7 Å². The molecule has 0 amide bonds. The number of oxazole rings is 1. The van der Waals surface area contributed by atoms with Crippen molar-refractivity contribution < 1.29 is 4.42 Å². The van der Waals surface area contributed by atoms with Crippen LogP contribution in [0.2, 0.25) is 0 Å². The second kappa shape index (κ2) is 10.5. The minimum Gasteiger partial charge on any atom is -0.435 e. The van der Waals surface area contributed by atoms with Crippen molar-refractivity contribution in [3.05, 3.63) is 152 Å². The van der Waals surface area contributed by atoms with Crippen LogP contribution in [0.4, 0.5) is 0 Å². The van der Waals surface area contributed by atoms with Crippen LogP contribution >= 0.6 is 0 Å². The van der Waals surface area contributed by atoms with Crippen molar-refractivity contribution in [1.82, 2.24) is 15.0 Å². The third-order valence-corrected chi connectivity index (χ3v) is 7.75. The number of aromatic nitrogens is 3. The van der Waals surface area contributed by atoms with Crippen LogP contribution in [0, 0.1) is 0 Å². The highest BCUT2D eigenvalue weighted by molar-refractivity contribution is 6.08. The minimum atomic E-state index is 0.617. The molecule has 8 rings (SSSR count). The van der Waals surface area contributed by atoms with Gasteiger partial charge in [0, 0.05) is 27.8 Å². The number of benzene rings is 6. The first-order valence-corrected chi connectivity index (χ1v) is 14.3. The zero-order chi connectivity index (χ0) is 28.6. The van der Waals surface area contributed by atoms with Gasteiger partial charge in [-0.1, -0.05) is 127 Å². The van der Waals surface area contributed by atoms with E-state index in [1.165, 1.54) is 0 Å². The van der Waals surface area contributed by atoms with Crippen molar-refractivity contribution in [2.24, 2.45) is 0 Å². The average molecular weight is 552 g/mol. The molecule has 0 saturated heterocycles. The maximum atomic E-state index is 6.40. The summed E-state index contributed by atoms with van der Waals surface area (Å²) in [5.41, 5.74) is 9.50. The summed E-state index contributed by atoms with van der Waals surface area (Å²) in [7, 11) is 0. The van der Waals surface area contributed by atoms with Gasteiger partial charge in [-0.15, -0.1) is 0 Å². The highest BCUT2D eigenvalue weighted by Crippen LogP contribution is 2.40. The molecule has 0 N–H and O–H groups in total. The predicted octanol–water partition coefficient (Wildman–Crippen LogP) is 10.1. The molecule has 4 heteroatoms. The fourth-order valence-electron chi connectivity index (χ4n) is 5.68. The van der Waals surface area contributed by atoms with E-state index in [-0.39, 0.29) is 0 Å².